The Balaban J connectivity index is 1.87. The number of nitrogens with one attached hydrogen (secondary N) is 1. The van der Waals surface area contributed by atoms with Crippen molar-refractivity contribution in [2.24, 2.45) is 0 Å². The first-order chi connectivity index (χ1) is 9.88. The number of benzene rings is 1. The number of nitrogens with zero attached hydrogens (tertiary/aromatic N) is 1. The molecule has 0 spiro atoms. The van der Waals surface area contributed by atoms with Crippen LogP contribution in [0.5, 0.6) is 0 Å². The molecule has 0 radical (unpaired) electrons. The highest BCUT2D eigenvalue weighted by Gasteiger charge is 2.32. The van der Waals surface area contributed by atoms with E-state index in [4.69, 9.17) is 0 Å². The van der Waals surface area contributed by atoms with Crippen LogP contribution in [-0.4, -0.2) is 41.7 Å². The summed E-state index contributed by atoms with van der Waals surface area (Å²) < 4.78 is 13.2. The van der Waals surface area contributed by atoms with Crippen LogP contribution >= 0.6 is 0 Å². The highest BCUT2D eigenvalue weighted by atomic mass is 19.1. The molecule has 2 rings (SSSR count). The monoisotopic (exact) mass is 294 g/mol. The predicted octanol–water partition coefficient (Wildman–Crippen LogP) is 2.31. The number of hydrogen-bond acceptors (Lipinski definition) is 3. The number of aryl methyl sites for hydroxylation is 1. The van der Waals surface area contributed by atoms with Gasteiger partial charge in [0.05, 0.1) is 12.1 Å². The van der Waals surface area contributed by atoms with Gasteiger partial charge in [-0.1, -0.05) is 18.9 Å². The van der Waals surface area contributed by atoms with Gasteiger partial charge < -0.3 is 10.4 Å². The molecule has 0 atom stereocenters. The van der Waals surface area contributed by atoms with Crippen molar-refractivity contribution in [3.63, 3.8) is 0 Å². The number of aliphatic hydroxyl groups is 1. The van der Waals surface area contributed by atoms with Crippen LogP contribution in [0.2, 0.25) is 0 Å². The molecule has 0 heterocycles. The second kappa shape index (κ2) is 6.54. The quantitative estimate of drug-likeness (QED) is 0.876. The van der Waals surface area contributed by atoms with E-state index >= 15 is 0 Å². The Morgan fingerprint density at radius 3 is 2.76 bits per heavy atom. The minimum Gasteiger partial charge on any atom is -0.389 e. The van der Waals surface area contributed by atoms with Gasteiger partial charge in [0.25, 0.3) is 0 Å². The number of hydrogen-bond donors (Lipinski definition) is 2. The van der Waals surface area contributed by atoms with Crippen LogP contribution < -0.4 is 5.32 Å². The first-order valence-electron chi connectivity index (χ1n) is 7.35. The van der Waals surface area contributed by atoms with Gasteiger partial charge in [-0.2, -0.15) is 0 Å². The molecule has 1 aromatic carbocycles. The highest BCUT2D eigenvalue weighted by molar-refractivity contribution is 5.92. The van der Waals surface area contributed by atoms with E-state index in [0.29, 0.717) is 12.2 Å². The molecule has 1 amide bonds. The van der Waals surface area contributed by atoms with Crippen molar-refractivity contribution in [3.8, 4) is 0 Å². The molecule has 1 aromatic rings. The number of rotatable bonds is 5. The molecule has 0 saturated heterocycles. The van der Waals surface area contributed by atoms with Crippen LogP contribution in [0.1, 0.15) is 31.2 Å². The van der Waals surface area contributed by atoms with Gasteiger partial charge in [-0.3, -0.25) is 9.69 Å². The summed E-state index contributed by atoms with van der Waals surface area (Å²) >= 11 is 0. The smallest absolute Gasteiger partial charge is 0.238 e. The van der Waals surface area contributed by atoms with Crippen LogP contribution in [0.4, 0.5) is 10.1 Å². The number of amides is 1. The third kappa shape index (κ3) is 4.51. The molecule has 0 aliphatic heterocycles. The average molecular weight is 294 g/mol. The summed E-state index contributed by atoms with van der Waals surface area (Å²) in [6.07, 6.45) is 3.67. The first kappa shape index (κ1) is 15.9. The number of anilines is 1. The van der Waals surface area contributed by atoms with Crippen LogP contribution in [0.3, 0.4) is 0 Å². The molecular formula is C16H23FN2O2. The molecule has 1 saturated carbocycles. The Kier molecular flexibility index (Phi) is 4.96. The normalized spacial score (nSPS) is 17.2. The molecule has 4 nitrogen and oxygen atoms in total. The second-order valence-corrected chi connectivity index (χ2v) is 6.11. The SMILES string of the molecule is Cc1ccc(F)cc1NC(=O)CN(C)CC1(O)CCCC1. The second-order valence-electron chi connectivity index (χ2n) is 6.11. The van der Waals surface area contributed by atoms with E-state index in [1.54, 1.807) is 6.07 Å². The summed E-state index contributed by atoms with van der Waals surface area (Å²) in [5.41, 5.74) is 0.652. The van der Waals surface area contributed by atoms with E-state index in [0.717, 1.165) is 31.2 Å². The van der Waals surface area contributed by atoms with Gasteiger partial charge in [0, 0.05) is 12.2 Å². The Morgan fingerprint density at radius 1 is 1.43 bits per heavy atom. The molecule has 2 N–H and O–H groups in total. The Labute approximate surface area is 125 Å². The summed E-state index contributed by atoms with van der Waals surface area (Å²) in [5.74, 6) is -0.572. The number of halogens is 1. The van der Waals surface area contributed by atoms with Crippen molar-refractivity contribution in [1.29, 1.82) is 0 Å². The third-order valence-corrected chi connectivity index (χ3v) is 3.99. The van der Waals surface area contributed by atoms with Gasteiger partial charge in [0.2, 0.25) is 5.91 Å². The third-order valence-electron chi connectivity index (χ3n) is 3.99. The fourth-order valence-corrected chi connectivity index (χ4v) is 2.91. The first-order valence-corrected chi connectivity index (χ1v) is 7.35. The number of carbonyl (C=O) groups excluding carboxylic acids is 1. The highest BCUT2D eigenvalue weighted by Crippen LogP contribution is 2.29. The van der Waals surface area contributed by atoms with E-state index in [-0.39, 0.29) is 18.3 Å². The fourth-order valence-electron chi connectivity index (χ4n) is 2.91. The van der Waals surface area contributed by atoms with E-state index in [2.05, 4.69) is 5.32 Å². The summed E-state index contributed by atoms with van der Waals surface area (Å²) in [7, 11) is 1.81. The maximum Gasteiger partial charge on any atom is 0.238 e. The van der Waals surface area contributed by atoms with Crippen LogP contribution in [0.15, 0.2) is 18.2 Å². The summed E-state index contributed by atoms with van der Waals surface area (Å²) in [6.45, 7) is 2.49. The van der Waals surface area contributed by atoms with Crippen LogP contribution in [0, 0.1) is 12.7 Å². The van der Waals surface area contributed by atoms with Crippen molar-refractivity contribution in [2.75, 3.05) is 25.5 Å². The Hall–Kier alpha value is -1.46. The minimum atomic E-state index is -0.663. The van der Waals surface area contributed by atoms with Crippen molar-refractivity contribution >= 4 is 11.6 Å². The molecule has 1 aliphatic carbocycles. The topological polar surface area (TPSA) is 52.6 Å². The lowest BCUT2D eigenvalue weighted by molar-refractivity contribution is -0.117. The van der Waals surface area contributed by atoms with E-state index in [9.17, 15) is 14.3 Å². The predicted molar refractivity (Wildman–Crippen MR) is 80.7 cm³/mol. The zero-order valence-corrected chi connectivity index (χ0v) is 12.7. The molecule has 116 valence electrons. The van der Waals surface area contributed by atoms with E-state index < -0.39 is 5.60 Å². The number of likely N-dealkylation sites (N-methyl/N-ethyl adjacent to an activating group) is 1. The van der Waals surface area contributed by atoms with E-state index in [1.807, 2.05) is 18.9 Å². The van der Waals surface area contributed by atoms with Crippen molar-refractivity contribution in [3.05, 3.63) is 29.6 Å². The molecule has 0 aromatic heterocycles. The molecule has 0 bridgehead atoms. The molecule has 1 fully saturated rings. The van der Waals surface area contributed by atoms with E-state index in [1.165, 1.54) is 12.1 Å². The van der Waals surface area contributed by atoms with Gasteiger partial charge in [0.1, 0.15) is 5.82 Å². The molecule has 1 aliphatic rings. The maximum absolute atomic E-state index is 13.2. The van der Waals surface area contributed by atoms with Crippen LogP contribution in [0.25, 0.3) is 0 Å². The Bertz CT molecular complexity index is 513. The molecule has 5 heteroatoms. The number of carbonyl (C=O) groups is 1. The van der Waals surface area contributed by atoms with Gasteiger partial charge in [0.15, 0.2) is 0 Å². The summed E-state index contributed by atoms with van der Waals surface area (Å²) in [6, 6.07) is 4.32. The van der Waals surface area contributed by atoms with Gasteiger partial charge >= 0.3 is 0 Å². The van der Waals surface area contributed by atoms with Gasteiger partial charge in [-0.05, 0) is 44.5 Å². The zero-order valence-electron chi connectivity index (χ0n) is 12.7. The Morgan fingerprint density at radius 2 is 2.10 bits per heavy atom. The van der Waals surface area contributed by atoms with Gasteiger partial charge in [-0.15, -0.1) is 0 Å². The largest absolute Gasteiger partial charge is 0.389 e. The molecular weight excluding hydrogens is 271 g/mol. The lowest BCUT2D eigenvalue weighted by Gasteiger charge is -2.28. The van der Waals surface area contributed by atoms with Crippen LogP contribution in [-0.2, 0) is 4.79 Å². The lowest BCUT2D eigenvalue weighted by Crippen LogP contribution is -2.42. The minimum absolute atomic E-state index is 0.179. The summed E-state index contributed by atoms with van der Waals surface area (Å²) in [4.78, 5) is 13.8. The van der Waals surface area contributed by atoms with Crippen molar-refractivity contribution in [2.45, 2.75) is 38.2 Å². The van der Waals surface area contributed by atoms with Gasteiger partial charge in [-0.25, -0.2) is 4.39 Å². The lowest BCUT2D eigenvalue weighted by atomic mass is 10.0. The molecule has 0 unspecified atom stereocenters. The molecule has 21 heavy (non-hydrogen) atoms. The maximum atomic E-state index is 13.2. The average Bonchev–Trinajstić information content (AvgIpc) is 2.79. The zero-order chi connectivity index (χ0) is 15.5. The summed E-state index contributed by atoms with van der Waals surface area (Å²) in [5, 5.41) is 13.0. The van der Waals surface area contributed by atoms with Crippen molar-refractivity contribution in [1.82, 2.24) is 4.90 Å². The standard InChI is InChI=1S/C16H23FN2O2/c1-12-5-6-13(17)9-14(12)18-15(20)10-19(2)11-16(21)7-3-4-8-16/h5-6,9,21H,3-4,7-8,10-11H2,1-2H3,(H,18,20). The van der Waals surface area contributed by atoms with Crippen molar-refractivity contribution < 1.29 is 14.3 Å². The fraction of sp³-hybridized carbons (Fsp3) is 0.562.